The van der Waals surface area contributed by atoms with Crippen LogP contribution in [0.2, 0.25) is 0 Å². The zero-order valence-electron chi connectivity index (χ0n) is 7.86. The Hall–Kier alpha value is -0.870. The number of hydrogen-bond acceptors (Lipinski definition) is 3. The summed E-state index contributed by atoms with van der Waals surface area (Å²) in [6, 6.07) is 0. The van der Waals surface area contributed by atoms with Gasteiger partial charge in [0, 0.05) is 19.6 Å². The van der Waals surface area contributed by atoms with E-state index in [0.717, 1.165) is 26.2 Å². The molecule has 4 nitrogen and oxygen atoms in total. The molecule has 2 rings (SSSR count). The molecular weight excluding hydrogens is 166 g/mol. The number of aryl methyl sites for hydroxylation is 1. The lowest BCUT2D eigenvalue weighted by Gasteiger charge is -2.24. The van der Waals surface area contributed by atoms with E-state index in [1.807, 2.05) is 12.5 Å². The molecule has 72 valence electrons. The minimum absolute atomic E-state index is 0.177. The highest BCUT2D eigenvalue weighted by Crippen LogP contribution is 2.17. The van der Waals surface area contributed by atoms with E-state index in [-0.39, 0.29) is 6.10 Å². The molecule has 1 aliphatic rings. The van der Waals surface area contributed by atoms with Gasteiger partial charge < -0.3 is 14.6 Å². The van der Waals surface area contributed by atoms with Gasteiger partial charge in [0.1, 0.15) is 6.10 Å². The third-order valence-corrected chi connectivity index (χ3v) is 2.34. The number of ether oxygens (including phenoxy) is 1. The van der Waals surface area contributed by atoms with Crippen LogP contribution in [-0.2, 0) is 11.3 Å². The highest BCUT2D eigenvalue weighted by Gasteiger charge is 2.18. The molecule has 1 unspecified atom stereocenters. The van der Waals surface area contributed by atoms with Crippen LogP contribution >= 0.6 is 0 Å². The van der Waals surface area contributed by atoms with E-state index < -0.39 is 0 Å². The molecule has 1 aromatic rings. The van der Waals surface area contributed by atoms with Crippen LogP contribution in [0.25, 0.3) is 0 Å². The van der Waals surface area contributed by atoms with Crippen LogP contribution in [0.1, 0.15) is 18.7 Å². The fraction of sp³-hybridized carbons (Fsp3) is 0.667. The topological polar surface area (TPSA) is 39.1 Å². The summed E-state index contributed by atoms with van der Waals surface area (Å²) in [4.78, 5) is 4.12. The van der Waals surface area contributed by atoms with Crippen LogP contribution in [-0.4, -0.2) is 29.2 Å². The number of rotatable bonds is 2. The normalized spacial score (nSPS) is 23.3. The van der Waals surface area contributed by atoms with Crippen molar-refractivity contribution in [3.8, 4) is 0 Å². The molecule has 13 heavy (non-hydrogen) atoms. The van der Waals surface area contributed by atoms with Crippen molar-refractivity contribution in [3.05, 3.63) is 18.2 Å². The smallest absolute Gasteiger partial charge is 0.111 e. The number of hydrogen-bond donors (Lipinski definition) is 1. The summed E-state index contributed by atoms with van der Waals surface area (Å²) in [5.74, 6) is 0. The molecule has 1 atom stereocenters. The van der Waals surface area contributed by atoms with Crippen molar-refractivity contribution < 1.29 is 4.74 Å². The zero-order chi connectivity index (χ0) is 9.10. The predicted octanol–water partition coefficient (Wildman–Crippen LogP) is 0.564. The van der Waals surface area contributed by atoms with Crippen LogP contribution in [0.4, 0.5) is 0 Å². The molecule has 1 aromatic heterocycles. The maximum Gasteiger partial charge on any atom is 0.111 e. The van der Waals surface area contributed by atoms with Crippen LogP contribution in [0.5, 0.6) is 0 Å². The van der Waals surface area contributed by atoms with E-state index in [4.69, 9.17) is 4.74 Å². The first-order valence-corrected chi connectivity index (χ1v) is 4.74. The van der Waals surface area contributed by atoms with Crippen molar-refractivity contribution >= 4 is 0 Å². The van der Waals surface area contributed by atoms with Crippen LogP contribution in [0.15, 0.2) is 12.5 Å². The lowest BCUT2D eigenvalue weighted by molar-refractivity contribution is 0.0229. The van der Waals surface area contributed by atoms with Crippen molar-refractivity contribution in [2.45, 2.75) is 19.6 Å². The molecular formula is C9H15N3O. The minimum atomic E-state index is 0.177. The minimum Gasteiger partial charge on any atom is -0.369 e. The monoisotopic (exact) mass is 181 g/mol. The first-order valence-electron chi connectivity index (χ1n) is 4.74. The Morgan fingerprint density at radius 2 is 2.69 bits per heavy atom. The molecule has 0 spiro atoms. The molecule has 0 radical (unpaired) electrons. The second-order valence-electron chi connectivity index (χ2n) is 3.17. The Morgan fingerprint density at radius 3 is 3.38 bits per heavy atom. The Balaban J connectivity index is 2.13. The summed E-state index contributed by atoms with van der Waals surface area (Å²) in [5, 5.41) is 3.31. The summed E-state index contributed by atoms with van der Waals surface area (Å²) < 4.78 is 7.76. The third kappa shape index (κ3) is 1.73. The van der Waals surface area contributed by atoms with Crippen molar-refractivity contribution in [2.24, 2.45) is 0 Å². The van der Waals surface area contributed by atoms with Crippen LogP contribution in [0.3, 0.4) is 0 Å². The largest absolute Gasteiger partial charge is 0.369 e. The van der Waals surface area contributed by atoms with E-state index in [1.54, 1.807) is 0 Å². The van der Waals surface area contributed by atoms with Gasteiger partial charge in [-0.25, -0.2) is 4.98 Å². The maximum atomic E-state index is 5.64. The molecule has 1 saturated heterocycles. The van der Waals surface area contributed by atoms with E-state index >= 15 is 0 Å². The summed E-state index contributed by atoms with van der Waals surface area (Å²) in [7, 11) is 0. The van der Waals surface area contributed by atoms with Crippen LogP contribution < -0.4 is 5.32 Å². The third-order valence-electron chi connectivity index (χ3n) is 2.34. The number of imidazole rings is 1. The molecule has 1 aliphatic heterocycles. The molecule has 2 heterocycles. The van der Waals surface area contributed by atoms with Gasteiger partial charge >= 0.3 is 0 Å². The van der Waals surface area contributed by atoms with Gasteiger partial charge in [0.15, 0.2) is 0 Å². The van der Waals surface area contributed by atoms with Gasteiger partial charge in [-0.1, -0.05) is 0 Å². The SMILES string of the molecule is CCn1cncc1C1CNCCO1. The van der Waals surface area contributed by atoms with Crippen molar-refractivity contribution in [3.63, 3.8) is 0 Å². The Labute approximate surface area is 77.9 Å². The van der Waals surface area contributed by atoms with Gasteiger partial charge in [0.25, 0.3) is 0 Å². The van der Waals surface area contributed by atoms with E-state index in [0.29, 0.717) is 0 Å². The highest BCUT2D eigenvalue weighted by molar-refractivity contribution is 5.04. The van der Waals surface area contributed by atoms with Gasteiger partial charge in [0.05, 0.1) is 24.8 Å². The second-order valence-corrected chi connectivity index (χ2v) is 3.17. The van der Waals surface area contributed by atoms with Crippen molar-refractivity contribution in [1.82, 2.24) is 14.9 Å². The molecule has 0 amide bonds. The Kier molecular flexibility index (Phi) is 2.61. The second kappa shape index (κ2) is 3.89. The fourth-order valence-electron chi connectivity index (χ4n) is 1.62. The Morgan fingerprint density at radius 1 is 1.77 bits per heavy atom. The lowest BCUT2D eigenvalue weighted by Crippen LogP contribution is -2.34. The number of nitrogens with one attached hydrogen (secondary N) is 1. The molecule has 0 saturated carbocycles. The van der Waals surface area contributed by atoms with Crippen molar-refractivity contribution in [1.29, 1.82) is 0 Å². The first-order chi connectivity index (χ1) is 6.42. The molecule has 4 heteroatoms. The average Bonchev–Trinajstić information content (AvgIpc) is 2.67. The summed E-state index contributed by atoms with van der Waals surface area (Å²) in [5.41, 5.74) is 1.18. The molecule has 0 aliphatic carbocycles. The summed E-state index contributed by atoms with van der Waals surface area (Å²) in [6.07, 6.45) is 3.92. The molecule has 0 aromatic carbocycles. The number of morpholine rings is 1. The first kappa shape index (κ1) is 8.72. The standard InChI is InChI=1S/C9H15N3O/c1-2-12-7-11-5-8(12)9-6-10-3-4-13-9/h5,7,9-10H,2-4,6H2,1H3. The van der Waals surface area contributed by atoms with Gasteiger partial charge in [-0.05, 0) is 6.92 Å². The van der Waals surface area contributed by atoms with E-state index in [2.05, 4.69) is 21.8 Å². The lowest BCUT2D eigenvalue weighted by atomic mass is 10.2. The molecule has 1 fully saturated rings. The number of nitrogens with zero attached hydrogens (tertiary/aromatic N) is 2. The highest BCUT2D eigenvalue weighted by atomic mass is 16.5. The summed E-state index contributed by atoms with van der Waals surface area (Å²) in [6.45, 7) is 5.71. The van der Waals surface area contributed by atoms with Crippen molar-refractivity contribution in [2.75, 3.05) is 19.7 Å². The van der Waals surface area contributed by atoms with Crippen LogP contribution in [0, 0.1) is 0 Å². The summed E-state index contributed by atoms with van der Waals surface area (Å²) >= 11 is 0. The zero-order valence-corrected chi connectivity index (χ0v) is 7.86. The maximum absolute atomic E-state index is 5.64. The van der Waals surface area contributed by atoms with E-state index in [1.165, 1.54) is 5.69 Å². The average molecular weight is 181 g/mol. The van der Waals surface area contributed by atoms with Gasteiger partial charge in [-0.2, -0.15) is 0 Å². The molecule has 1 N–H and O–H groups in total. The van der Waals surface area contributed by atoms with Gasteiger partial charge in [-0.15, -0.1) is 0 Å². The molecule has 0 bridgehead atoms. The Bertz CT molecular complexity index is 266. The van der Waals surface area contributed by atoms with E-state index in [9.17, 15) is 0 Å². The van der Waals surface area contributed by atoms with Gasteiger partial charge in [0.2, 0.25) is 0 Å². The quantitative estimate of drug-likeness (QED) is 0.724. The predicted molar refractivity (Wildman–Crippen MR) is 49.5 cm³/mol. The van der Waals surface area contributed by atoms with Gasteiger partial charge in [-0.3, -0.25) is 0 Å². The fourth-order valence-corrected chi connectivity index (χ4v) is 1.62. The number of aromatic nitrogens is 2.